The molecular weight excluding hydrogens is 380 g/mol. The molecule has 1 amide bonds. The number of rotatable bonds is 8. The highest BCUT2D eigenvalue weighted by atomic mass is 79.9. The lowest BCUT2D eigenvalue weighted by Crippen LogP contribution is -2.18. The van der Waals surface area contributed by atoms with Crippen LogP contribution in [0.1, 0.15) is 36.5 Å². The summed E-state index contributed by atoms with van der Waals surface area (Å²) in [7, 11) is 0. The van der Waals surface area contributed by atoms with E-state index in [0.717, 1.165) is 22.2 Å². The second-order valence-corrected chi connectivity index (χ2v) is 6.63. The fourth-order valence-electron chi connectivity index (χ4n) is 2.21. The van der Waals surface area contributed by atoms with Gasteiger partial charge in [-0.2, -0.15) is 5.10 Å². The molecule has 1 N–H and O–H groups in total. The van der Waals surface area contributed by atoms with Gasteiger partial charge in [0.1, 0.15) is 5.75 Å². The number of benzene rings is 2. The van der Waals surface area contributed by atoms with Crippen LogP contribution in [0.2, 0.25) is 0 Å². The van der Waals surface area contributed by atoms with Gasteiger partial charge in [0.05, 0.1) is 17.3 Å². The zero-order chi connectivity index (χ0) is 18.1. The van der Waals surface area contributed by atoms with Crippen molar-refractivity contribution >= 4 is 28.1 Å². The van der Waals surface area contributed by atoms with Gasteiger partial charge in [-0.25, -0.2) is 5.43 Å². The van der Waals surface area contributed by atoms with Gasteiger partial charge in [-0.05, 0) is 64.5 Å². The zero-order valence-corrected chi connectivity index (χ0v) is 16.2. The van der Waals surface area contributed by atoms with E-state index in [0.29, 0.717) is 19.4 Å². The second-order valence-electron chi connectivity index (χ2n) is 5.77. The number of halogens is 1. The fraction of sp³-hybridized carbons (Fsp3) is 0.300. The van der Waals surface area contributed by atoms with Gasteiger partial charge in [0.25, 0.3) is 0 Å². The van der Waals surface area contributed by atoms with Crippen LogP contribution in [0.25, 0.3) is 0 Å². The molecule has 0 aliphatic heterocycles. The minimum absolute atomic E-state index is 0.118. The van der Waals surface area contributed by atoms with Crippen LogP contribution in [0.5, 0.6) is 5.75 Å². The Kier molecular flexibility index (Phi) is 7.67. The summed E-state index contributed by atoms with van der Waals surface area (Å²) in [6, 6.07) is 14.0. The Balaban J connectivity index is 1.67. The quantitative estimate of drug-likeness (QED) is 0.397. The molecule has 0 fully saturated rings. The molecule has 25 heavy (non-hydrogen) atoms. The average molecular weight is 403 g/mol. The molecule has 0 radical (unpaired) electrons. The molecule has 0 atom stereocenters. The molecule has 4 nitrogen and oxygen atoms in total. The smallest absolute Gasteiger partial charge is 0.240 e. The maximum Gasteiger partial charge on any atom is 0.240 e. The number of hydrogen-bond acceptors (Lipinski definition) is 3. The van der Waals surface area contributed by atoms with Crippen LogP contribution in [0.4, 0.5) is 0 Å². The Labute approximate surface area is 157 Å². The van der Waals surface area contributed by atoms with Crippen LogP contribution in [-0.2, 0) is 11.2 Å². The van der Waals surface area contributed by atoms with Crippen LogP contribution in [0, 0.1) is 6.92 Å². The summed E-state index contributed by atoms with van der Waals surface area (Å²) in [6.45, 7) is 4.62. The Morgan fingerprint density at radius 2 is 2.00 bits per heavy atom. The summed E-state index contributed by atoms with van der Waals surface area (Å²) < 4.78 is 6.60. The molecule has 132 valence electrons. The molecule has 0 bridgehead atoms. The van der Waals surface area contributed by atoms with Gasteiger partial charge < -0.3 is 4.74 Å². The second kappa shape index (κ2) is 9.99. The summed E-state index contributed by atoms with van der Waals surface area (Å²) in [5.74, 6) is 0.674. The van der Waals surface area contributed by atoms with Crippen molar-refractivity contribution in [2.75, 3.05) is 6.61 Å². The molecule has 0 aliphatic rings. The lowest BCUT2D eigenvalue weighted by Gasteiger charge is -2.08. The standard InChI is InChI=1S/C20H23BrN2O2/c1-3-16-7-9-17(10-8-16)14-22-23-20(24)5-4-12-25-19-11-6-15(2)13-18(19)21/h6-11,13-14H,3-5,12H2,1-2H3,(H,23,24)/b22-14+. The Bertz CT molecular complexity index is 727. The Morgan fingerprint density at radius 3 is 2.68 bits per heavy atom. The first kappa shape index (κ1) is 19.2. The maximum absolute atomic E-state index is 11.8. The van der Waals surface area contributed by atoms with E-state index >= 15 is 0 Å². The van der Waals surface area contributed by atoms with E-state index in [1.807, 2.05) is 37.3 Å². The van der Waals surface area contributed by atoms with E-state index in [1.165, 1.54) is 11.1 Å². The van der Waals surface area contributed by atoms with Crippen molar-refractivity contribution in [2.45, 2.75) is 33.1 Å². The number of carbonyl (C=O) groups is 1. The van der Waals surface area contributed by atoms with Crippen LogP contribution in [-0.4, -0.2) is 18.7 Å². The largest absolute Gasteiger partial charge is 0.492 e. The number of amides is 1. The first-order valence-electron chi connectivity index (χ1n) is 8.38. The van der Waals surface area contributed by atoms with Crippen molar-refractivity contribution in [3.63, 3.8) is 0 Å². The molecule has 2 rings (SSSR count). The number of carbonyl (C=O) groups excluding carboxylic acids is 1. The van der Waals surface area contributed by atoms with E-state index < -0.39 is 0 Å². The van der Waals surface area contributed by atoms with Crippen molar-refractivity contribution in [3.05, 3.63) is 63.6 Å². The number of hydrazone groups is 1. The summed E-state index contributed by atoms with van der Waals surface area (Å²) in [5, 5.41) is 3.98. The molecule has 0 saturated heterocycles. The van der Waals surface area contributed by atoms with Crippen molar-refractivity contribution in [1.29, 1.82) is 0 Å². The predicted molar refractivity (Wildman–Crippen MR) is 105 cm³/mol. The topological polar surface area (TPSA) is 50.7 Å². The van der Waals surface area contributed by atoms with E-state index in [2.05, 4.69) is 45.5 Å². The molecule has 0 aliphatic carbocycles. The van der Waals surface area contributed by atoms with Crippen molar-refractivity contribution in [1.82, 2.24) is 5.43 Å². The third kappa shape index (κ3) is 6.70. The van der Waals surface area contributed by atoms with Crippen LogP contribution in [0.15, 0.2) is 52.0 Å². The molecule has 0 saturated carbocycles. The van der Waals surface area contributed by atoms with Gasteiger partial charge in [-0.3, -0.25) is 4.79 Å². The summed E-state index contributed by atoms with van der Waals surface area (Å²) in [4.78, 5) is 11.8. The molecule has 0 aromatic heterocycles. The molecule has 2 aromatic rings. The highest BCUT2D eigenvalue weighted by Gasteiger charge is 2.03. The van der Waals surface area contributed by atoms with Gasteiger partial charge in [-0.15, -0.1) is 0 Å². The van der Waals surface area contributed by atoms with Crippen molar-refractivity contribution in [2.24, 2.45) is 5.10 Å². The van der Waals surface area contributed by atoms with Crippen LogP contribution < -0.4 is 10.2 Å². The molecule has 5 heteroatoms. The third-order valence-corrected chi connectivity index (χ3v) is 4.30. The molecular formula is C20H23BrN2O2. The van der Waals surface area contributed by atoms with Gasteiger partial charge in [-0.1, -0.05) is 37.3 Å². The molecule has 0 spiro atoms. The number of hydrogen-bond donors (Lipinski definition) is 1. The monoisotopic (exact) mass is 402 g/mol. The number of ether oxygens (including phenoxy) is 1. The van der Waals surface area contributed by atoms with Crippen molar-refractivity contribution < 1.29 is 9.53 Å². The van der Waals surface area contributed by atoms with Gasteiger partial charge in [0, 0.05) is 6.42 Å². The van der Waals surface area contributed by atoms with E-state index in [9.17, 15) is 4.79 Å². The predicted octanol–water partition coefficient (Wildman–Crippen LogP) is 4.63. The number of aryl methyl sites for hydroxylation is 2. The minimum Gasteiger partial charge on any atom is -0.492 e. The number of nitrogens with zero attached hydrogens (tertiary/aromatic N) is 1. The normalized spacial score (nSPS) is 10.8. The van der Waals surface area contributed by atoms with E-state index in [4.69, 9.17) is 4.74 Å². The first-order chi connectivity index (χ1) is 12.1. The highest BCUT2D eigenvalue weighted by molar-refractivity contribution is 9.10. The van der Waals surface area contributed by atoms with Crippen molar-refractivity contribution in [3.8, 4) is 5.75 Å². The minimum atomic E-state index is -0.118. The van der Waals surface area contributed by atoms with E-state index in [1.54, 1.807) is 6.21 Å². The molecule has 2 aromatic carbocycles. The highest BCUT2D eigenvalue weighted by Crippen LogP contribution is 2.25. The van der Waals surface area contributed by atoms with E-state index in [-0.39, 0.29) is 5.91 Å². The lowest BCUT2D eigenvalue weighted by atomic mass is 10.1. The van der Waals surface area contributed by atoms with Gasteiger partial charge in [0.15, 0.2) is 0 Å². The number of nitrogens with one attached hydrogen (secondary N) is 1. The Hall–Kier alpha value is -2.14. The summed E-state index contributed by atoms with van der Waals surface area (Å²) in [5.41, 5.74) is 5.95. The Morgan fingerprint density at radius 1 is 1.24 bits per heavy atom. The molecule has 0 heterocycles. The van der Waals surface area contributed by atoms with Gasteiger partial charge >= 0.3 is 0 Å². The average Bonchev–Trinajstić information content (AvgIpc) is 2.61. The molecule has 0 unspecified atom stereocenters. The SMILES string of the molecule is CCc1ccc(/C=N/NC(=O)CCCOc2ccc(C)cc2Br)cc1. The van der Waals surface area contributed by atoms with Crippen LogP contribution >= 0.6 is 15.9 Å². The zero-order valence-electron chi connectivity index (χ0n) is 14.6. The third-order valence-electron chi connectivity index (χ3n) is 3.68. The summed E-state index contributed by atoms with van der Waals surface area (Å²) in [6.07, 6.45) is 3.66. The first-order valence-corrected chi connectivity index (χ1v) is 9.17. The lowest BCUT2D eigenvalue weighted by molar-refractivity contribution is -0.121. The summed E-state index contributed by atoms with van der Waals surface area (Å²) >= 11 is 3.47. The maximum atomic E-state index is 11.8. The van der Waals surface area contributed by atoms with Crippen LogP contribution in [0.3, 0.4) is 0 Å². The van der Waals surface area contributed by atoms with Gasteiger partial charge in [0.2, 0.25) is 5.91 Å². The fourth-order valence-corrected chi connectivity index (χ4v) is 2.82.